The summed E-state index contributed by atoms with van der Waals surface area (Å²) in [5.41, 5.74) is 1.72. The quantitative estimate of drug-likeness (QED) is 0.690. The standard InChI is InChI=1S/C17H18N6O/c1-21-12-13(11-18-21)7-8-16(24)22-10-4-5-14(22)17-20-19-15-6-2-3-9-23(15)17/h2-3,6-9,11-12,14H,4-5,10H2,1H3/b8-7+/t14-/m0/s1. The van der Waals surface area contributed by atoms with Crippen LogP contribution in [-0.2, 0) is 11.8 Å². The number of hydrogen-bond donors (Lipinski definition) is 0. The molecule has 0 radical (unpaired) electrons. The van der Waals surface area contributed by atoms with Crippen LogP contribution in [0.4, 0.5) is 0 Å². The van der Waals surface area contributed by atoms with E-state index >= 15 is 0 Å². The van der Waals surface area contributed by atoms with Crippen molar-refractivity contribution >= 4 is 17.6 Å². The van der Waals surface area contributed by atoms with Crippen LogP contribution in [0.15, 0.2) is 42.9 Å². The number of carbonyl (C=O) groups is 1. The number of rotatable bonds is 3. The van der Waals surface area contributed by atoms with Crippen molar-refractivity contribution < 1.29 is 4.79 Å². The van der Waals surface area contributed by atoms with Crippen LogP contribution in [0.25, 0.3) is 11.7 Å². The maximum atomic E-state index is 12.6. The molecule has 0 unspecified atom stereocenters. The van der Waals surface area contributed by atoms with E-state index in [0.29, 0.717) is 0 Å². The molecule has 4 rings (SSSR count). The predicted octanol–water partition coefficient (Wildman–Crippen LogP) is 1.84. The highest BCUT2D eigenvalue weighted by Crippen LogP contribution is 2.31. The van der Waals surface area contributed by atoms with Crippen molar-refractivity contribution in [2.75, 3.05) is 6.54 Å². The van der Waals surface area contributed by atoms with Crippen molar-refractivity contribution in [3.63, 3.8) is 0 Å². The Labute approximate surface area is 139 Å². The van der Waals surface area contributed by atoms with Crippen molar-refractivity contribution in [1.82, 2.24) is 29.3 Å². The lowest BCUT2D eigenvalue weighted by atomic mass is 10.2. The third-order valence-corrected chi connectivity index (χ3v) is 4.32. The average molecular weight is 322 g/mol. The van der Waals surface area contributed by atoms with Crippen LogP contribution in [0.5, 0.6) is 0 Å². The Hall–Kier alpha value is -2.96. The molecule has 24 heavy (non-hydrogen) atoms. The molecule has 0 saturated carbocycles. The lowest BCUT2D eigenvalue weighted by Crippen LogP contribution is -2.30. The van der Waals surface area contributed by atoms with Crippen molar-refractivity contribution in [2.45, 2.75) is 18.9 Å². The van der Waals surface area contributed by atoms with Crippen LogP contribution in [0.2, 0.25) is 0 Å². The highest BCUT2D eigenvalue weighted by molar-refractivity contribution is 5.92. The van der Waals surface area contributed by atoms with E-state index in [2.05, 4.69) is 15.3 Å². The molecule has 122 valence electrons. The van der Waals surface area contributed by atoms with Gasteiger partial charge >= 0.3 is 0 Å². The first-order chi connectivity index (χ1) is 11.7. The maximum Gasteiger partial charge on any atom is 0.247 e. The topological polar surface area (TPSA) is 68.3 Å². The van der Waals surface area contributed by atoms with Crippen molar-refractivity contribution in [1.29, 1.82) is 0 Å². The number of carbonyl (C=O) groups excluding carboxylic acids is 1. The molecule has 1 aliphatic heterocycles. The number of pyridine rings is 1. The number of nitrogens with zero attached hydrogens (tertiary/aromatic N) is 6. The average Bonchev–Trinajstić information content (AvgIpc) is 3.31. The molecule has 1 atom stereocenters. The molecule has 0 aliphatic carbocycles. The molecule has 0 bridgehead atoms. The fraction of sp³-hybridized carbons (Fsp3) is 0.294. The number of aryl methyl sites for hydroxylation is 1. The van der Waals surface area contributed by atoms with Crippen molar-refractivity contribution in [2.24, 2.45) is 7.05 Å². The van der Waals surface area contributed by atoms with E-state index < -0.39 is 0 Å². The molecule has 4 heterocycles. The fourth-order valence-electron chi connectivity index (χ4n) is 3.18. The second kappa shape index (κ2) is 5.92. The Balaban J connectivity index is 1.58. The molecule has 7 nitrogen and oxygen atoms in total. The summed E-state index contributed by atoms with van der Waals surface area (Å²) in [6, 6.07) is 5.76. The minimum absolute atomic E-state index is 0.00552. The zero-order valence-corrected chi connectivity index (χ0v) is 13.4. The number of amides is 1. The molecule has 1 fully saturated rings. The van der Waals surface area contributed by atoms with E-state index in [1.165, 1.54) is 0 Å². The second-order valence-electron chi connectivity index (χ2n) is 5.96. The van der Waals surface area contributed by atoms with Gasteiger partial charge in [-0.15, -0.1) is 10.2 Å². The summed E-state index contributed by atoms with van der Waals surface area (Å²) in [5, 5.41) is 12.6. The van der Waals surface area contributed by atoms with Gasteiger partial charge in [-0.25, -0.2) is 0 Å². The molecular weight excluding hydrogens is 304 g/mol. The van der Waals surface area contributed by atoms with Gasteiger partial charge in [-0.2, -0.15) is 5.10 Å². The lowest BCUT2D eigenvalue weighted by Gasteiger charge is -2.22. The minimum atomic E-state index is -0.0338. The molecule has 7 heteroatoms. The largest absolute Gasteiger partial charge is 0.329 e. The van der Waals surface area contributed by atoms with Gasteiger partial charge in [-0.1, -0.05) is 6.07 Å². The number of likely N-dealkylation sites (tertiary alicyclic amines) is 1. The Bertz CT molecular complexity index is 909. The highest BCUT2D eigenvalue weighted by Gasteiger charge is 2.32. The Kier molecular flexibility index (Phi) is 3.60. The third-order valence-electron chi connectivity index (χ3n) is 4.32. The van der Waals surface area contributed by atoms with Gasteiger partial charge in [0.1, 0.15) is 0 Å². The van der Waals surface area contributed by atoms with Gasteiger partial charge in [-0.05, 0) is 31.1 Å². The first-order valence-electron chi connectivity index (χ1n) is 7.99. The molecule has 3 aromatic rings. The highest BCUT2D eigenvalue weighted by atomic mass is 16.2. The first-order valence-corrected chi connectivity index (χ1v) is 7.99. The van der Waals surface area contributed by atoms with Gasteiger partial charge in [0.2, 0.25) is 5.91 Å². The van der Waals surface area contributed by atoms with Crippen LogP contribution < -0.4 is 0 Å². The van der Waals surface area contributed by atoms with Crippen LogP contribution >= 0.6 is 0 Å². The molecule has 3 aromatic heterocycles. The summed E-state index contributed by atoms with van der Waals surface area (Å²) in [5.74, 6) is 0.820. The number of aromatic nitrogens is 5. The van der Waals surface area contributed by atoms with Crippen molar-refractivity contribution in [3.05, 3.63) is 54.3 Å². The number of fused-ring (bicyclic) bond motifs is 1. The number of hydrogen-bond acceptors (Lipinski definition) is 4. The van der Waals surface area contributed by atoms with Crippen LogP contribution in [0.1, 0.15) is 30.3 Å². The van der Waals surface area contributed by atoms with E-state index in [-0.39, 0.29) is 11.9 Å². The monoisotopic (exact) mass is 322 g/mol. The molecule has 1 aliphatic rings. The SMILES string of the molecule is Cn1cc(/C=C/C(=O)N2CCC[C@H]2c2nnc3ccccn23)cn1. The molecule has 1 saturated heterocycles. The summed E-state index contributed by atoms with van der Waals surface area (Å²) in [7, 11) is 1.85. The summed E-state index contributed by atoms with van der Waals surface area (Å²) in [4.78, 5) is 14.5. The molecule has 0 aromatic carbocycles. The van der Waals surface area contributed by atoms with E-state index in [1.807, 2.05) is 46.9 Å². The summed E-state index contributed by atoms with van der Waals surface area (Å²) in [6.45, 7) is 0.739. The summed E-state index contributed by atoms with van der Waals surface area (Å²) >= 11 is 0. The van der Waals surface area contributed by atoms with Gasteiger partial charge in [0, 0.05) is 37.6 Å². The van der Waals surface area contributed by atoms with E-state index in [9.17, 15) is 4.79 Å². The van der Waals surface area contributed by atoms with Gasteiger partial charge in [-0.3, -0.25) is 13.9 Å². The summed E-state index contributed by atoms with van der Waals surface area (Å²) in [6.07, 6.45) is 10.8. The predicted molar refractivity (Wildman–Crippen MR) is 88.9 cm³/mol. The molecular formula is C17H18N6O. The lowest BCUT2D eigenvalue weighted by molar-refractivity contribution is -0.127. The zero-order valence-electron chi connectivity index (χ0n) is 13.4. The Morgan fingerprint density at radius 2 is 2.25 bits per heavy atom. The minimum Gasteiger partial charge on any atom is -0.329 e. The zero-order chi connectivity index (χ0) is 16.5. The van der Waals surface area contributed by atoms with Crippen LogP contribution in [0, 0.1) is 0 Å². The normalized spacial score (nSPS) is 18.0. The molecule has 1 amide bonds. The third kappa shape index (κ3) is 2.58. The maximum absolute atomic E-state index is 12.6. The van der Waals surface area contributed by atoms with E-state index in [1.54, 1.807) is 23.0 Å². The molecule has 0 spiro atoms. The van der Waals surface area contributed by atoms with E-state index in [4.69, 9.17) is 0 Å². The van der Waals surface area contributed by atoms with Crippen LogP contribution in [0.3, 0.4) is 0 Å². The van der Waals surface area contributed by atoms with Crippen LogP contribution in [-0.4, -0.2) is 41.7 Å². The fourth-order valence-corrected chi connectivity index (χ4v) is 3.18. The Morgan fingerprint density at radius 1 is 1.33 bits per heavy atom. The smallest absolute Gasteiger partial charge is 0.247 e. The van der Waals surface area contributed by atoms with Gasteiger partial charge < -0.3 is 4.90 Å². The second-order valence-corrected chi connectivity index (χ2v) is 5.96. The van der Waals surface area contributed by atoms with Crippen molar-refractivity contribution in [3.8, 4) is 0 Å². The first kappa shape index (κ1) is 14.6. The Morgan fingerprint density at radius 3 is 3.08 bits per heavy atom. The van der Waals surface area contributed by atoms with Gasteiger partial charge in [0.05, 0.1) is 12.2 Å². The summed E-state index contributed by atoms with van der Waals surface area (Å²) < 4.78 is 3.67. The van der Waals surface area contributed by atoms with E-state index in [0.717, 1.165) is 36.4 Å². The van der Waals surface area contributed by atoms with Gasteiger partial charge in [0.25, 0.3) is 0 Å². The van der Waals surface area contributed by atoms with Gasteiger partial charge in [0.15, 0.2) is 11.5 Å². The molecule has 0 N–H and O–H groups in total.